The van der Waals surface area contributed by atoms with Crippen molar-refractivity contribution in [3.8, 4) is 5.75 Å². The maximum Gasteiger partial charge on any atom is 0.229 e. The first-order valence-corrected chi connectivity index (χ1v) is 9.40. The van der Waals surface area contributed by atoms with Crippen LogP contribution < -0.4 is 19.9 Å². The maximum atomic E-state index is 12.9. The zero-order valence-corrected chi connectivity index (χ0v) is 17.2. The van der Waals surface area contributed by atoms with Crippen LogP contribution in [0, 0.1) is 12.8 Å². The summed E-state index contributed by atoms with van der Waals surface area (Å²) in [4.78, 5) is 29.0. The number of benzene rings is 2. The summed E-state index contributed by atoms with van der Waals surface area (Å²) in [6, 6.07) is 11.0. The van der Waals surface area contributed by atoms with E-state index in [0.717, 1.165) is 11.3 Å². The second-order valence-electron chi connectivity index (χ2n) is 7.13. The molecule has 1 N–H and O–H groups in total. The number of nitrogens with one attached hydrogen (secondary N) is 1. The number of nitrogens with zero attached hydrogens (tertiary/aromatic N) is 2. The number of carbonyl (C=O) groups excluding carboxylic acids is 2. The van der Waals surface area contributed by atoms with Crippen molar-refractivity contribution in [2.75, 3.05) is 42.9 Å². The topological polar surface area (TPSA) is 61.9 Å². The van der Waals surface area contributed by atoms with Gasteiger partial charge in [-0.15, -0.1) is 0 Å². The van der Waals surface area contributed by atoms with Gasteiger partial charge in [0.05, 0.1) is 30.1 Å². The Balaban J connectivity index is 1.80. The molecule has 1 saturated heterocycles. The molecule has 28 heavy (non-hydrogen) atoms. The van der Waals surface area contributed by atoms with E-state index in [4.69, 9.17) is 16.3 Å². The highest BCUT2D eigenvalue weighted by atomic mass is 35.5. The van der Waals surface area contributed by atoms with Crippen molar-refractivity contribution >= 4 is 40.5 Å². The highest BCUT2D eigenvalue weighted by molar-refractivity contribution is 6.31. The molecule has 1 atom stereocenters. The van der Waals surface area contributed by atoms with Crippen molar-refractivity contribution in [1.29, 1.82) is 0 Å². The molecule has 0 bridgehead atoms. The molecule has 3 rings (SSSR count). The van der Waals surface area contributed by atoms with Crippen LogP contribution in [0.1, 0.15) is 12.0 Å². The fraction of sp³-hybridized carbons (Fsp3) is 0.333. The van der Waals surface area contributed by atoms with E-state index >= 15 is 0 Å². The number of hydrogen-bond acceptors (Lipinski definition) is 4. The second kappa shape index (κ2) is 8.10. The Labute approximate surface area is 170 Å². The molecule has 0 saturated carbocycles. The fourth-order valence-electron chi connectivity index (χ4n) is 3.36. The van der Waals surface area contributed by atoms with Gasteiger partial charge in [-0.05, 0) is 42.8 Å². The van der Waals surface area contributed by atoms with Gasteiger partial charge < -0.3 is 19.9 Å². The van der Waals surface area contributed by atoms with Gasteiger partial charge >= 0.3 is 0 Å². The van der Waals surface area contributed by atoms with E-state index in [0.29, 0.717) is 28.7 Å². The molecule has 1 fully saturated rings. The first kappa shape index (κ1) is 20.0. The molecule has 148 valence electrons. The predicted octanol–water partition coefficient (Wildman–Crippen LogP) is 3.71. The molecule has 7 heteroatoms. The standard InChI is InChI=1S/C21H24ClN3O3/c1-13-5-8-19(28-4)18(9-13)25-12-14(10-20(25)26)21(27)23-16-11-15(22)6-7-17(16)24(2)3/h5-9,11,14H,10,12H2,1-4H3,(H,23,27). The Morgan fingerprint density at radius 2 is 2.00 bits per heavy atom. The van der Waals surface area contributed by atoms with Crippen LogP contribution in [0.3, 0.4) is 0 Å². The second-order valence-corrected chi connectivity index (χ2v) is 7.56. The molecule has 1 aliphatic rings. The average molecular weight is 402 g/mol. The Morgan fingerprint density at radius 3 is 2.68 bits per heavy atom. The summed E-state index contributed by atoms with van der Waals surface area (Å²) >= 11 is 6.09. The lowest BCUT2D eigenvalue weighted by atomic mass is 10.1. The molecule has 2 aromatic carbocycles. The van der Waals surface area contributed by atoms with Crippen molar-refractivity contribution < 1.29 is 14.3 Å². The van der Waals surface area contributed by atoms with Gasteiger partial charge in [-0.25, -0.2) is 0 Å². The fourth-order valence-corrected chi connectivity index (χ4v) is 3.53. The lowest BCUT2D eigenvalue weighted by Crippen LogP contribution is -2.29. The summed E-state index contributed by atoms with van der Waals surface area (Å²) in [6.45, 7) is 2.26. The third-order valence-corrected chi connectivity index (χ3v) is 5.05. The quantitative estimate of drug-likeness (QED) is 0.829. The number of amides is 2. The zero-order chi connectivity index (χ0) is 20.4. The van der Waals surface area contributed by atoms with Gasteiger partial charge in [-0.1, -0.05) is 17.7 Å². The van der Waals surface area contributed by atoms with E-state index in [1.165, 1.54) is 0 Å². The van der Waals surface area contributed by atoms with Crippen LogP contribution in [0.15, 0.2) is 36.4 Å². The first-order chi connectivity index (χ1) is 13.3. The molecule has 0 aliphatic carbocycles. The van der Waals surface area contributed by atoms with E-state index < -0.39 is 5.92 Å². The Kier molecular flexibility index (Phi) is 5.79. The summed E-state index contributed by atoms with van der Waals surface area (Å²) in [6.07, 6.45) is 0.154. The van der Waals surface area contributed by atoms with Gasteiger partial charge in [0.15, 0.2) is 0 Å². The van der Waals surface area contributed by atoms with E-state index in [1.807, 2.05) is 50.2 Å². The predicted molar refractivity (Wildman–Crippen MR) is 113 cm³/mol. The van der Waals surface area contributed by atoms with Crippen LogP contribution in [-0.4, -0.2) is 39.6 Å². The summed E-state index contributed by atoms with van der Waals surface area (Å²) in [5, 5.41) is 3.47. The van der Waals surface area contributed by atoms with Crippen molar-refractivity contribution in [2.45, 2.75) is 13.3 Å². The smallest absolute Gasteiger partial charge is 0.229 e. The molecule has 0 aromatic heterocycles. The van der Waals surface area contributed by atoms with E-state index in [-0.39, 0.29) is 18.2 Å². The zero-order valence-electron chi connectivity index (χ0n) is 16.5. The van der Waals surface area contributed by atoms with Gasteiger partial charge in [0.25, 0.3) is 0 Å². The molecular formula is C21H24ClN3O3. The maximum absolute atomic E-state index is 12.9. The van der Waals surface area contributed by atoms with Crippen molar-refractivity contribution in [3.63, 3.8) is 0 Å². The molecule has 0 spiro atoms. The number of carbonyl (C=O) groups is 2. The summed E-state index contributed by atoms with van der Waals surface area (Å²) in [5.74, 6) is -0.132. The van der Waals surface area contributed by atoms with Gasteiger partial charge in [-0.2, -0.15) is 0 Å². The summed E-state index contributed by atoms with van der Waals surface area (Å²) in [7, 11) is 5.36. The number of hydrogen-bond donors (Lipinski definition) is 1. The van der Waals surface area contributed by atoms with Crippen LogP contribution in [0.4, 0.5) is 17.1 Å². The SMILES string of the molecule is COc1ccc(C)cc1N1CC(C(=O)Nc2cc(Cl)ccc2N(C)C)CC1=O. The molecule has 1 unspecified atom stereocenters. The normalized spacial score (nSPS) is 16.2. The Hall–Kier alpha value is -2.73. The van der Waals surface area contributed by atoms with Crippen molar-refractivity contribution in [2.24, 2.45) is 5.92 Å². The lowest BCUT2D eigenvalue weighted by molar-refractivity contribution is -0.122. The molecular weight excluding hydrogens is 378 g/mol. The van der Waals surface area contributed by atoms with Crippen LogP contribution >= 0.6 is 11.6 Å². The Morgan fingerprint density at radius 1 is 1.25 bits per heavy atom. The van der Waals surface area contributed by atoms with E-state index in [9.17, 15) is 9.59 Å². The minimum Gasteiger partial charge on any atom is -0.495 e. The van der Waals surface area contributed by atoms with Crippen LogP contribution in [0.5, 0.6) is 5.75 Å². The first-order valence-electron chi connectivity index (χ1n) is 9.03. The molecule has 2 aromatic rings. The number of methoxy groups -OCH3 is 1. The average Bonchev–Trinajstić information content (AvgIpc) is 3.03. The number of halogens is 1. The minimum absolute atomic E-state index is 0.0945. The van der Waals surface area contributed by atoms with Crippen LogP contribution in [-0.2, 0) is 9.59 Å². The van der Waals surface area contributed by atoms with Crippen molar-refractivity contribution in [3.05, 3.63) is 47.0 Å². The van der Waals surface area contributed by atoms with E-state index in [2.05, 4.69) is 5.32 Å². The molecule has 6 nitrogen and oxygen atoms in total. The highest BCUT2D eigenvalue weighted by Gasteiger charge is 2.36. The minimum atomic E-state index is -0.452. The Bertz CT molecular complexity index is 914. The number of anilines is 3. The molecule has 2 amide bonds. The monoisotopic (exact) mass is 401 g/mol. The lowest BCUT2D eigenvalue weighted by Gasteiger charge is -2.21. The highest BCUT2D eigenvalue weighted by Crippen LogP contribution is 2.35. The van der Waals surface area contributed by atoms with Crippen LogP contribution in [0.2, 0.25) is 5.02 Å². The van der Waals surface area contributed by atoms with Gasteiger partial charge in [-0.3, -0.25) is 9.59 Å². The van der Waals surface area contributed by atoms with Gasteiger partial charge in [0.2, 0.25) is 11.8 Å². The van der Waals surface area contributed by atoms with Gasteiger partial charge in [0, 0.05) is 32.1 Å². The molecule has 1 heterocycles. The number of rotatable bonds is 5. The van der Waals surface area contributed by atoms with Gasteiger partial charge in [0.1, 0.15) is 5.75 Å². The number of ether oxygens (including phenoxy) is 1. The number of aryl methyl sites for hydroxylation is 1. The third kappa shape index (κ3) is 4.07. The van der Waals surface area contributed by atoms with Crippen molar-refractivity contribution in [1.82, 2.24) is 0 Å². The largest absolute Gasteiger partial charge is 0.495 e. The molecule has 0 radical (unpaired) electrons. The van der Waals surface area contributed by atoms with E-state index in [1.54, 1.807) is 24.1 Å². The third-order valence-electron chi connectivity index (χ3n) is 4.82. The molecule has 1 aliphatic heterocycles. The van der Waals surface area contributed by atoms with Crippen LogP contribution in [0.25, 0.3) is 0 Å². The summed E-state index contributed by atoms with van der Waals surface area (Å²) in [5.41, 5.74) is 3.19. The summed E-state index contributed by atoms with van der Waals surface area (Å²) < 4.78 is 5.39.